The summed E-state index contributed by atoms with van der Waals surface area (Å²) in [5, 5.41) is 19.5. The maximum atomic E-state index is 6.44. The Labute approximate surface area is 361 Å². The predicted molar refractivity (Wildman–Crippen MR) is 268 cm³/mol. The largest absolute Gasteiger partial charge is 0.456 e. The van der Waals surface area contributed by atoms with Gasteiger partial charge in [-0.2, -0.15) is 0 Å². The lowest BCUT2D eigenvalue weighted by atomic mass is 9.96. The van der Waals surface area contributed by atoms with Crippen molar-refractivity contribution in [2.45, 2.75) is 0 Å². The van der Waals surface area contributed by atoms with E-state index in [1.807, 2.05) is 0 Å². The molecule has 2 heterocycles. The normalized spacial score (nSPS) is 12.1. The second kappa shape index (κ2) is 13.1. The molecule has 0 spiro atoms. The number of para-hydroxylation sites is 1. The molecule has 0 saturated heterocycles. The summed E-state index contributed by atoms with van der Waals surface area (Å²) in [6.45, 7) is 0. The molecule has 0 atom stereocenters. The average molecular weight is 801 g/mol. The molecule has 14 aromatic rings. The van der Waals surface area contributed by atoms with Crippen LogP contribution < -0.4 is 4.90 Å². The summed E-state index contributed by atoms with van der Waals surface area (Å²) in [6.07, 6.45) is 0. The lowest BCUT2D eigenvalue weighted by molar-refractivity contribution is 0.669. The third kappa shape index (κ3) is 5.14. The van der Waals surface area contributed by atoms with E-state index < -0.39 is 0 Å². The van der Waals surface area contributed by atoms with Gasteiger partial charge in [-0.3, -0.25) is 0 Å². The summed E-state index contributed by atoms with van der Waals surface area (Å²) in [6, 6.07) is 80.2. The van der Waals surface area contributed by atoms with Crippen molar-refractivity contribution in [2.24, 2.45) is 0 Å². The van der Waals surface area contributed by atoms with Crippen molar-refractivity contribution in [3.63, 3.8) is 0 Å². The van der Waals surface area contributed by atoms with Crippen LogP contribution in [-0.2, 0) is 0 Å². The molecule has 0 radical (unpaired) electrons. The molecule has 3 heteroatoms. The SMILES string of the molecule is c1ccc2cc3c(cc2c1)oc1ccc(-n2c4ccccc4c4cc(N(c5ccc6ccc7ccccc7c6c5)c5ccc6ccc7c8ccccc8ccc7c6c5)ccc42)cc13. The fourth-order valence-corrected chi connectivity index (χ4v) is 10.5. The first-order valence-electron chi connectivity index (χ1n) is 21.6. The van der Waals surface area contributed by atoms with E-state index in [-0.39, 0.29) is 0 Å². The predicted octanol–water partition coefficient (Wildman–Crippen LogP) is 17.1. The number of benzene rings is 12. The van der Waals surface area contributed by atoms with Gasteiger partial charge in [0.05, 0.1) is 11.0 Å². The first-order chi connectivity index (χ1) is 31.2. The second-order valence-corrected chi connectivity index (χ2v) is 16.9. The smallest absolute Gasteiger partial charge is 0.136 e. The van der Waals surface area contributed by atoms with Gasteiger partial charge >= 0.3 is 0 Å². The zero-order valence-electron chi connectivity index (χ0n) is 34.1. The first kappa shape index (κ1) is 34.3. The van der Waals surface area contributed by atoms with Gasteiger partial charge in [0.1, 0.15) is 11.2 Å². The van der Waals surface area contributed by atoms with Crippen molar-refractivity contribution in [1.29, 1.82) is 0 Å². The van der Waals surface area contributed by atoms with Crippen LogP contribution in [0, 0.1) is 0 Å². The number of aromatic nitrogens is 1. The van der Waals surface area contributed by atoms with Gasteiger partial charge in [0.15, 0.2) is 0 Å². The Bertz CT molecular complexity index is 4230. The molecule has 0 aliphatic carbocycles. The van der Waals surface area contributed by atoms with E-state index in [9.17, 15) is 0 Å². The van der Waals surface area contributed by atoms with Crippen LogP contribution in [0.5, 0.6) is 0 Å². The van der Waals surface area contributed by atoms with Crippen molar-refractivity contribution < 1.29 is 4.42 Å². The standard InChI is InChI=1S/C60H36N2O/c1-2-12-42-32-60-55(31-41(42)11-1)56-36-46(26-30-59(56)63-60)62-57-16-8-7-15-51(57)54-35-45(25-29-58(54)62)61(43-23-19-39-18-17-37-9-4-6-14-48(37)52(39)33-43)44-24-20-40-22-27-49-47-13-5-3-10-38(47)21-28-50(49)53(40)34-44/h1-36H. The molecule has 0 N–H and O–H groups in total. The number of nitrogens with zero attached hydrogens (tertiary/aromatic N) is 2. The van der Waals surface area contributed by atoms with Crippen LogP contribution in [-0.4, -0.2) is 4.57 Å². The Kier molecular flexibility index (Phi) is 7.11. The number of rotatable bonds is 4. The summed E-state index contributed by atoms with van der Waals surface area (Å²) in [5.41, 5.74) is 8.52. The fraction of sp³-hybridized carbons (Fsp3) is 0. The summed E-state index contributed by atoms with van der Waals surface area (Å²) < 4.78 is 8.85. The maximum absolute atomic E-state index is 6.44. The molecular weight excluding hydrogens is 765 g/mol. The minimum absolute atomic E-state index is 0.891. The van der Waals surface area contributed by atoms with E-state index in [4.69, 9.17) is 4.42 Å². The highest BCUT2D eigenvalue weighted by atomic mass is 16.3. The highest BCUT2D eigenvalue weighted by Crippen LogP contribution is 2.44. The second-order valence-electron chi connectivity index (χ2n) is 16.9. The molecule has 0 saturated carbocycles. The zero-order chi connectivity index (χ0) is 41.2. The summed E-state index contributed by atoms with van der Waals surface area (Å²) in [4.78, 5) is 2.44. The summed E-state index contributed by atoms with van der Waals surface area (Å²) in [5.74, 6) is 0. The van der Waals surface area contributed by atoms with Gasteiger partial charge in [-0.15, -0.1) is 0 Å². The molecule has 14 rings (SSSR count). The van der Waals surface area contributed by atoms with Crippen LogP contribution in [0.15, 0.2) is 223 Å². The van der Waals surface area contributed by atoms with Crippen LogP contribution in [0.1, 0.15) is 0 Å². The monoisotopic (exact) mass is 800 g/mol. The van der Waals surface area contributed by atoms with Crippen molar-refractivity contribution in [3.05, 3.63) is 218 Å². The molecule has 2 aromatic heterocycles. The number of hydrogen-bond donors (Lipinski definition) is 0. The molecule has 63 heavy (non-hydrogen) atoms. The summed E-state index contributed by atoms with van der Waals surface area (Å²) in [7, 11) is 0. The lowest BCUT2D eigenvalue weighted by Crippen LogP contribution is -2.10. The lowest BCUT2D eigenvalue weighted by Gasteiger charge is -2.27. The van der Waals surface area contributed by atoms with Crippen molar-refractivity contribution in [1.82, 2.24) is 4.57 Å². The Morgan fingerprint density at radius 2 is 0.746 bits per heavy atom. The highest BCUT2D eigenvalue weighted by Gasteiger charge is 2.20. The molecule has 0 aliphatic heterocycles. The van der Waals surface area contributed by atoms with Gasteiger partial charge in [0, 0.05) is 44.3 Å². The Morgan fingerprint density at radius 3 is 1.46 bits per heavy atom. The van der Waals surface area contributed by atoms with E-state index in [1.165, 1.54) is 75.4 Å². The quantitative estimate of drug-likeness (QED) is 0.165. The first-order valence-corrected chi connectivity index (χ1v) is 21.6. The third-order valence-corrected chi connectivity index (χ3v) is 13.5. The van der Waals surface area contributed by atoms with Crippen LogP contribution in [0.4, 0.5) is 17.1 Å². The molecule has 3 nitrogen and oxygen atoms in total. The topological polar surface area (TPSA) is 21.3 Å². The van der Waals surface area contributed by atoms with Crippen LogP contribution in [0.3, 0.4) is 0 Å². The van der Waals surface area contributed by atoms with Gasteiger partial charge in [0.2, 0.25) is 0 Å². The van der Waals surface area contributed by atoms with Crippen molar-refractivity contribution >= 4 is 125 Å². The van der Waals surface area contributed by atoms with Crippen LogP contribution >= 0.6 is 0 Å². The average Bonchev–Trinajstić information content (AvgIpc) is 3.87. The van der Waals surface area contributed by atoms with Gasteiger partial charge in [-0.25, -0.2) is 0 Å². The molecular formula is C60H36N2O. The number of furan rings is 1. The maximum Gasteiger partial charge on any atom is 0.136 e. The van der Waals surface area contributed by atoms with Crippen LogP contribution in [0.25, 0.3) is 114 Å². The molecule has 0 fully saturated rings. The van der Waals surface area contributed by atoms with E-state index in [2.05, 4.69) is 228 Å². The number of hydrogen-bond acceptors (Lipinski definition) is 2. The zero-order valence-corrected chi connectivity index (χ0v) is 34.1. The Hall–Kier alpha value is -8.40. The van der Waals surface area contributed by atoms with E-state index >= 15 is 0 Å². The van der Waals surface area contributed by atoms with Gasteiger partial charge < -0.3 is 13.9 Å². The number of anilines is 3. The Morgan fingerprint density at radius 1 is 0.270 bits per heavy atom. The molecule has 0 aliphatic rings. The summed E-state index contributed by atoms with van der Waals surface area (Å²) >= 11 is 0. The minimum Gasteiger partial charge on any atom is -0.456 e. The highest BCUT2D eigenvalue weighted by molar-refractivity contribution is 6.19. The molecule has 12 aromatic carbocycles. The molecule has 0 bridgehead atoms. The molecule has 0 unspecified atom stereocenters. The van der Waals surface area contributed by atoms with Crippen LogP contribution in [0.2, 0.25) is 0 Å². The van der Waals surface area contributed by atoms with Gasteiger partial charge in [0.25, 0.3) is 0 Å². The minimum atomic E-state index is 0.891. The van der Waals surface area contributed by atoms with E-state index in [1.54, 1.807) is 0 Å². The Balaban J connectivity index is 1.00. The van der Waals surface area contributed by atoms with Gasteiger partial charge in [-0.1, -0.05) is 140 Å². The third-order valence-electron chi connectivity index (χ3n) is 13.5. The molecule has 0 amide bonds. The van der Waals surface area contributed by atoms with Gasteiger partial charge in [-0.05, 0) is 143 Å². The molecule has 292 valence electrons. The van der Waals surface area contributed by atoms with Crippen molar-refractivity contribution in [3.8, 4) is 5.69 Å². The van der Waals surface area contributed by atoms with E-state index in [0.717, 1.165) is 55.7 Å². The van der Waals surface area contributed by atoms with Crippen molar-refractivity contribution in [2.75, 3.05) is 4.90 Å². The number of fused-ring (bicyclic) bond motifs is 15. The fourth-order valence-electron chi connectivity index (χ4n) is 10.5. The van der Waals surface area contributed by atoms with E-state index in [0.29, 0.717) is 0 Å².